The van der Waals surface area contributed by atoms with Crippen molar-refractivity contribution in [1.82, 2.24) is 9.78 Å². The van der Waals surface area contributed by atoms with Gasteiger partial charge in [-0.2, -0.15) is 5.10 Å². The first-order valence-electron chi connectivity index (χ1n) is 7.10. The van der Waals surface area contributed by atoms with E-state index in [0.717, 1.165) is 16.8 Å². The highest BCUT2D eigenvalue weighted by Gasteiger charge is 2.25. The van der Waals surface area contributed by atoms with Crippen molar-refractivity contribution in [1.29, 1.82) is 0 Å². The predicted molar refractivity (Wildman–Crippen MR) is 77.1 cm³/mol. The fourth-order valence-corrected chi connectivity index (χ4v) is 2.72. The Morgan fingerprint density at radius 1 is 1.36 bits per heavy atom. The third kappa shape index (κ3) is 2.90. The van der Waals surface area contributed by atoms with E-state index >= 15 is 0 Å². The molecule has 5 nitrogen and oxygen atoms in total. The van der Waals surface area contributed by atoms with Crippen molar-refractivity contribution >= 4 is 5.97 Å². The van der Waals surface area contributed by atoms with Gasteiger partial charge in [0.25, 0.3) is 5.56 Å². The second-order valence-corrected chi connectivity index (χ2v) is 5.52. The lowest BCUT2D eigenvalue weighted by atomic mass is 9.87. The average Bonchev–Trinajstić information content (AvgIpc) is 2.49. The number of aryl methyl sites for hydroxylation is 1. The zero-order valence-electron chi connectivity index (χ0n) is 11.8. The Balaban J connectivity index is 1.87. The minimum Gasteiger partial charge on any atom is -0.481 e. The lowest BCUT2D eigenvalue weighted by Gasteiger charge is -2.21. The van der Waals surface area contributed by atoms with Crippen LogP contribution in [0.4, 0.5) is 4.39 Å². The monoisotopic (exact) mass is 302 g/mol. The minimum atomic E-state index is -0.832. The zero-order valence-corrected chi connectivity index (χ0v) is 11.8. The molecule has 1 aliphatic carbocycles. The van der Waals surface area contributed by atoms with Crippen molar-refractivity contribution in [2.75, 3.05) is 0 Å². The maximum Gasteiger partial charge on any atom is 0.306 e. The van der Waals surface area contributed by atoms with Crippen LogP contribution in [0.2, 0.25) is 0 Å². The highest BCUT2D eigenvalue weighted by atomic mass is 19.1. The highest BCUT2D eigenvalue weighted by molar-refractivity contribution is 5.70. The molecular weight excluding hydrogens is 287 g/mol. The normalized spacial score (nSPS) is 17.0. The van der Waals surface area contributed by atoms with E-state index in [1.54, 1.807) is 12.1 Å². The van der Waals surface area contributed by atoms with Crippen molar-refractivity contribution in [3.05, 3.63) is 63.3 Å². The van der Waals surface area contributed by atoms with Crippen LogP contribution in [-0.2, 0) is 24.2 Å². The van der Waals surface area contributed by atoms with Gasteiger partial charge in [-0.25, -0.2) is 9.07 Å². The van der Waals surface area contributed by atoms with Crippen LogP contribution < -0.4 is 5.56 Å². The molecule has 22 heavy (non-hydrogen) atoms. The summed E-state index contributed by atoms with van der Waals surface area (Å²) in [6, 6.07) is 7.39. The molecule has 2 aromatic rings. The van der Waals surface area contributed by atoms with Gasteiger partial charge in [0.05, 0.1) is 18.2 Å². The number of carboxylic acids is 1. The summed E-state index contributed by atoms with van der Waals surface area (Å²) in [6.45, 7) is 0.273. The second kappa shape index (κ2) is 5.71. The topological polar surface area (TPSA) is 72.2 Å². The summed E-state index contributed by atoms with van der Waals surface area (Å²) in [5, 5.41) is 13.4. The molecule has 0 bridgehead atoms. The molecule has 0 saturated carbocycles. The van der Waals surface area contributed by atoms with Crippen LogP contribution in [0.1, 0.15) is 23.2 Å². The SMILES string of the molecule is O=C(O)[C@H]1CCc2nn(Cc3ccc(F)cc3)c(=O)cc2C1. The molecule has 0 amide bonds. The summed E-state index contributed by atoms with van der Waals surface area (Å²) in [6.07, 6.45) is 1.43. The van der Waals surface area contributed by atoms with Gasteiger partial charge in [-0.1, -0.05) is 12.1 Å². The number of carboxylic acid groups (broad SMARTS) is 1. The van der Waals surface area contributed by atoms with E-state index in [9.17, 15) is 14.0 Å². The van der Waals surface area contributed by atoms with E-state index in [0.29, 0.717) is 19.3 Å². The molecule has 3 rings (SSSR count). The summed E-state index contributed by atoms with van der Waals surface area (Å²) >= 11 is 0. The Morgan fingerprint density at radius 2 is 2.09 bits per heavy atom. The smallest absolute Gasteiger partial charge is 0.306 e. The van der Waals surface area contributed by atoms with E-state index < -0.39 is 11.9 Å². The van der Waals surface area contributed by atoms with E-state index in [2.05, 4.69) is 5.10 Å². The molecule has 6 heteroatoms. The third-order valence-electron chi connectivity index (χ3n) is 3.95. The molecule has 0 unspecified atom stereocenters. The van der Waals surface area contributed by atoms with Crippen LogP contribution in [0.5, 0.6) is 0 Å². The Labute approximate surface area is 126 Å². The second-order valence-electron chi connectivity index (χ2n) is 5.52. The highest BCUT2D eigenvalue weighted by Crippen LogP contribution is 2.23. The molecule has 0 fully saturated rings. The van der Waals surface area contributed by atoms with Crippen molar-refractivity contribution in [3.63, 3.8) is 0 Å². The number of halogens is 1. The lowest BCUT2D eigenvalue weighted by Crippen LogP contribution is -2.30. The van der Waals surface area contributed by atoms with Crippen molar-refractivity contribution in [2.24, 2.45) is 5.92 Å². The standard InChI is InChI=1S/C16H15FN2O3/c17-13-4-1-10(2-5-13)9-19-15(20)8-12-7-11(16(21)22)3-6-14(12)18-19/h1-2,4-5,8,11H,3,6-7,9H2,(H,21,22)/t11-/m0/s1. The molecule has 0 spiro atoms. The van der Waals surface area contributed by atoms with E-state index in [4.69, 9.17) is 5.11 Å². The Bertz CT molecular complexity index is 768. The molecule has 0 aliphatic heterocycles. The van der Waals surface area contributed by atoms with Crippen LogP contribution in [-0.4, -0.2) is 20.9 Å². The van der Waals surface area contributed by atoms with Crippen LogP contribution in [0.25, 0.3) is 0 Å². The number of nitrogens with zero attached hydrogens (tertiary/aromatic N) is 2. The first-order valence-corrected chi connectivity index (χ1v) is 7.10. The Morgan fingerprint density at radius 3 is 2.77 bits per heavy atom. The first kappa shape index (κ1) is 14.4. The summed E-state index contributed by atoms with van der Waals surface area (Å²) in [5.74, 6) is -1.60. The predicted octanol–water partition coefficient (Wildman–Crippen LogP) is 1.62. The maximum atomic E-state index is 12.9. The van der Waals surface area contributed by atoms with Crippen LogP contribution in [0, 0.1) is 11.7 Å². The first-order chi connectivity index (χ1) is 10.5. The van der Waals surface area contributed by atoms with Crippen LogP contribution >= 0.6 is 0 Å². The van der Waals surface area contributed by atoms with Gasteiger partial charge in [-0.05, 0) is 42.5 Å². The number of carbonyl (C=O) groups is 1. The van der Waals surface area contributed by atoms with E-state index in [-0.39, 0.29) is 17.9 Å². The van der Waals surface area contributed by atoms with Crippen molar-refractivity contribution in [3.8, 4) is 0 Å². The number of aliphatic carboxylic acids is 1. The van der Waals surface area contributed by atoms with E-state index in [1.165, 1.54) is 22.9 Å². The third-order valence-corrected chi connectivity index (χ3v) is 3.95. The number of hydrogen-bond donors (Lipinski definition) is 1. The molecule has 1 N–H and O–H groups in total. The van der Waals surface area contributed by atoms with Gasteiger partial charge in [-0.3, -0.25) is 9.59 Å². The van der Waals surface area contributed by atoms with Gasteiger partial charge in [-0.15, -0.1) is 0 Å². The number of rotatable bonds is 3. The molecule has 1 aliphatic rings. The van der Waals surface area contributed by atoms with Crippen LogP contribution in [0.3, 0.4) is 0 Å². The molecule has 1 atom stereocenters. The number of fused-ring (bicyclic) bond motifs is 1. The summed E-state index contributed by atoms with van der Waals surface area (Å²) in [7, 11) is 0. The van der Waals surface area contributed by atoms with Gasteiger partial charge in [0.2, 0.25) is 0 Å². The van der Waals surface area contributed by atoms with Crippen molar-refractivity contribution < 1.29 is 14.3 Å². The average molecular weight is 302 g/mol. The van der Waals surface area contributed by atoms with Gasteiger partial charge in [0.1, 0.15) is 5.82 Å². The fourth-order valence-electron chi connectivity index (χ4n) is 2.72. The van der Waals surface area contributed by atoms with Gasteiger partial charge in [0.15, 0.2) is 0 Å². The molecule has 1 heterocycles. The maximum absolute atomic E-state index is 12.9. The molecule has 0 saturated heterocycles. The Hall–Kier alpha value is -2.50. The fraction of sp³-hybridized carbons (Fsp3) is 0.312. The largest absolute Gasteiger partial charge is 0.481 e. The van der Waals surface area contributed by atoms with Gasteiger partial charge >= 0.3 is 5.97 Å². The van der Waals surface area contributed by atoms with Crippen molar-refractivity contribution in [2.45, 2.75) is 25.8 Å². The molecule has 1 aromatic carbocycles. The molecule has 0 radical (unpaired) electrons. The number of benzene rings is 1. The summed E-state index contributed by atoms with van der Waals surface area (Å²) in [4.78, 5) is 23.2. The lowest BCUT2D eigenvalue weighted by molar-refractivity contribution is -0.142. The van der Waals surface area contributed by atoms with E-state index in [1.807, 2.05) is 0 Å². The molecule has 114 valence electrons. The minimum absolute atomic E-state index is 0.269. The number of aromatic nitrogens is 2. The van der Waals surface area contributed by atoms with Gasteiger partial charge < -0.3 is 5.11 Å². The molecule has 1 aromatic heterocycles. The molecular formula is C16H15FN2O3. The van der Waals surface area contributed by atoms with Crippen LogP contribution in [0.15, 0.2) is 35.1 Å². The number of hydrogen-bond acceptors (Lipinski definition) is 3. The summed E-state index contributed by atoms with van der Waals surface area (Å²) in [5.41, 5.74) is 2.02. The zero-order chi connectivity index (χ0) is 15.7. The van der Waals surface area contributed by atoms with Gasteiger partial charge in [0, 0.05) is 6.07 Å². The quantitative estimate of drug-likeness (QED) is 0.935. The Kier molecular flexibility index (Phi) is 3.75. The summed E-state index contributed by atoms with van der Waals surface area (Å²) < 4.78 is 14.2.